The molecule has 0 aromatic carbocycles. The fourth-order valence-corrected chi connectivity index (χ4v) is 1.31. The first-order valence-electron chi connectivity index (χ1n) is 10.2. The standard InChI is InChI=1S/C6H8O7.C5H14NO.C4H8O3.C3H4O4.C2H4O2/c7-3(8)1-6(13,5(11)12)2-4(9)10;1-6(2,3)4-5-7;1-2-3(5)4(6)7;4-2(5)1-3(6)7;1-2(3)4/h13H,1-2H2,(H,7,8)(H,9,10)(H,11,12);7H,4-5H2,1-3H3;3,5H,2H2,1H3,(H,6,7);1H2,(H,4,5)(H,6,7);1H3,(H,3,4)/q;+1;;;/p-1. The maximum Gasteiger partial charge on any atom is 0.332 e. The van der Waals surface area contributed by atoms with Crippen LogP contribution in [0.5, 0.6) is 0 Å². The second-order valence-corrected chi connectivity index (χ2v) is 7.94. The van der Waals surface area contributed by atoms with Crippen molar-refractivity contribution in [3.8, 4) is 0 Å². The number of rotatable bonds is 11. The van der Waals surface area contributed by atoms with Crippen molar-refractivity contribution < 1.29 is 89.1 Å². The number of carboxylic acid groups (broad SMARTS) is 7. The van der Waals surface area contributed by atoms with Crippen LogP contribution in [0.1, 0.15) is 39.5 Å². The summed E-state index contributed by atoms with van der Waals surface area (Å²) in [6, 6.07) is 0. The van der Waals surface area contributed by atoms with Gasteiger partial charge in [0.15, 0.2) is 6.10 Å². The highest BCUT2D eigenvalue weighted by Gasteiger charge is 2.34. The van der Waals surface area contributed by atoms with Gasteiger partial charge in [0.05, 0.1) is 46.6 Å². The molecule has 0 saturated carbocycles. The number of quaternary nitrogens is 1. The first-order valence-corrected chi connectivity index (χ1v) is 10.2. The summed E-state index contributed by atoms with van der Waals surface area (Å²) in [4.78, 5) is 67.9. The van der Waals surface area contributed by atoms with Gasteiger partial charge in [0.25, 0.3) is 5.97 Å². The van der Waals surface area contributed by atoms with Crippen LogP contribution in [0.3, 0.4) is 0 Å². The number of carbonyl (C=O) groups excluding carboxylic acids is 1. The Bertz CT molecular complexity index is 725. The third-order valence-corrected chi connectivity index (χ3v) is 3.01. The molecule has 0 heterocycles. The summed E-state index contributed by atoms with van der Waals surface area (Å²) in [6.45, 7) is 3.81. The lowest BCUT2D eigenvalue weighted by Gasteiger charge is -2.25. The van der Waals surface area contributed by atoms with Crippen molar-refractivity contribution in [2.24, 2.45) is 0 Å². The molecule has 1 unspecified atom stereocenters. The first-order chi connectivity index (χ1) is 16.9. The molecule has 0 bridgehead atoms. The molecule has 0 aliphatic heterocycles. The molecule has 1 atom stereocenters. The van der Waals surface area contributed by atoms with Crippen molar-refractivity contribution >= 4 is 41.8 Å². The highest BCUT2D eigenvalue weighted by atomic mass is 16.4. The van der Waals surface area contributed by atoms with E-state index in [1.54, 1.807) is 6.92 Å². The summed E-state index contributed by atoms with van der Waals surface area (Å²) in [5.74, 6) is -9.96. The van der Waals surface area contributed by atoms with Gasteiger partial charge in [-0.05, 0) is 6.42 Å². The minimum Gasteiger partial charge on any atom is -0.547 e. The molecule has 0 rings (SSSR count). The zero-order valence-corrected chi connectivity index (χ0v) is 21.6. The molecule has 9 N–H and O–H groups in total. The highest BCUT2D eigenvalue weighted by Crippen LogP contribution is 2.14. The molecule has 224 valence electrons. The largest absolute Gasteiger partial charge is 0.547 e. The lowest BCUT2D eigenvalue weighted by atomic mass is 9.96. The lowest BCUT2D eigenvalue weighted by Crippen LogP contribution is -2.51. The van der Waals surface area contributed by atoms with E-state index >= 15 is 0 Å². The molecule has 18 heteroatoms. The van der Waals surface area contributed by atoms with E-state index in [9.17, 15) is 33.9 Å². The van der Waals surface area contributed by atoms with Gasteiger partial charge in [0, 0.05) is 6.92 Å². The topological polar surface area (TPSA) is 325 Å². The molecule has 0 saturated heterocycles. The Labute approximate surface area is 217 Å². The normalized spacial score (nSPS) is 10.5. The van der Waals surface area contributed by atoms with Crippen molar-refractivity contribution in [1.82, 2.24) is 0 Å². The zero-order valence-electron chi connectivity index (χ0n) is 21.6. The Morgan fingerprint density at radius 3 is 1.16 bits per heavy atom. The Hall–Kier alpha value is -3.87. The summed E-state index contributed by atoms with van der Waals surface area (Å²) in [6.07, 6.45) is -4.13. The molecule has 0 amide bonds. The van der Waals surface area contributed by atoms with Gasteiger partial charge in [-0.15, -0.1) is 0 Å². The summed E-state index contributed by atoms with van der Waals surface area (Å²) in [5, 5.41) is 83.0. The van der Waals surface area contributed by atoms with Crippen molar-refractivity contribution in [2.45, 2.75) is 51.2 Å². The van der Waals surface area contributed by atoms with Crippen LogP contribution in [0.15, 0.2) is 0 Å². The summed E-state index contributed by atoms with van der Waals surface area (Å²) in [7, 11) is 6.16. The predicted molar refractivity (Wildman–Crippen MR) is 122 cm³/mol. The van der Waals surface area contributed by atoms with E-state index in [4.69, 9.17) is 50.8 Å². The van der Waals surface area contributed by atoms with E-state index in [0.717, 1.165) is 18.0 Å². The number of aliphatic hydroxyl groups excluding tert-OH is 2. The zero-order chi connectivity index (χ0) is 31.9. The van der Waals surface area contributed by atoms with Gasteiger partial charge < -0.3 is 60.3 Å². The number of hydrogen-bond acceptors (Lipinski definition) is 11. The Kier molecular flexibility index (Phi) is 27.3. The van der Waals surface area contributed by atoms with E-state index in [2.05, 4.69) is 21.1 Å². The van der Waals surface area contributed by atoms with Gasteiger partial charge >= 0.3 is 29.8 Å². The number of nitrogens with zero attached hydrogens (tertiary/aromatic N) is 1. The van der Waals surface area contributed by atoms with Gasteiger partial charge in [0.1, 0.15) is 18.6 Å². The SMILES string of the molecule is CC(=O)O.CCC(O)C(=O)O.C[N+](C)(C)CCO.O=C(O)CC(=O)O.O=C(O)CC(O)(CC(=O)O)C(=O)[O-]. The maximum atomic E-state index is 10.2. The van der Waals surface area contributed by atoms with E-state index < -0.39 is 72.8 Å². The van der Waals surface area contributed by atoms with E-state index in [1.165, 1.54) is 0 Å². The van der Waals surface area contributed by atoms with Gasteiger partial charge in [-0.1, -0.05) is 6.92 Å². The van der Waals surface area contributed by atoms with Crippen LogP contribution in [0.2, 0.25) is 0 Å². The van der Waals surface area contributed by atoms with Crippen LogP contribution in [-0.2, 0) is 33.6 Å². The summed E-state index contributed by atoms with van der Waals surface area (Å²) in [5.41, 5.74) is -2.85. The molecule has 0 radical (unpaired) electrons. The molecule has 0 aromatic heterocycles. The van der Waals surface area contributed by atoms with Gasteiger partial charge in [-0.2, -0.15) is 0 Å². The van der Waals surface area contributed by atoms with Crippen molar-refractivity contribution in [1.29, 1.82) is 0 Å². The quantitative estimate of drug-likeness (QED) is 0.0872. The van der Waals surface area contributed by atoms with Crippen LogP contribution < -0.4 is 5.11 Å². The van der Waals surface area contributed by atoms with Crippen LogP contribution in [0.4, 0.5) is 0 Å². The molecule has 38 heavy (non-hydrogen) atoms. The van der Waals surface area contributed by atoms with Crippen molar-refractivity contribution in [3.63, 3.8) is 0 Å². The Morgan fingerprint density at radius 2 is 1.11 bits per heavy atom. The average Bonchev–Trinajstić information content (AvgIpc) is 2.64. The minimum absolute atomic E-state index is 0.273. The third-order valence-electron chi connectivity index (χ3n) is 3.01. The van der Waals surface area contributed by atoms with Gasteiger partial charge in [-0.3, -0.25) is 24.0 Å². The maximum absolute atomic E-state index is 10.2. The number of aliphatic carboxylic acids is 7. The summed E-state index contributed by atoms with van der Waals surface area (Å²) < 4.78 is 0.844. The van der Waals surface area contributed by atoms with Gasteiger partial charge in [0.2, 0.25) is 0 Å². The molecule has 0 aromatic rings. The molecule has 0 fully saturated rings. The Morgan fingerprint density at radius 1 is 0.789 bits per heavy atom. The van der Waals surface area contributed by atoms with E-state index in [-0.39, 0.29) is 13.0 Å². The molecular weight excluding hydrogens is 526 g/mol. The van der Waals surface area contributed by atoms with Crippen LogP contribution >= 0.6 is 0 Å². The Balaban J connectivity index is -0.000000126. The van der Waals surface area contributed by atoms with Gasteiger partial charge in [-0.25, -0.2) is 4.79 Å². The summed E-state index contributed by atoms with van der Waals surface area (Å²) >= 11 is 0. The smallest absolute Gasteiger partial charge is 0.332 e. The van der Waals surface area contributed by atoms with E-state index in [0.29, 0.717) is 0 Å². The first kappa shape index (κ1) is 44.1. The number of carbonyl (C=O) groups is 7. The number of likely N-dealkylation sites (N-methyl/N-ethyl adjacent to an activating group) is 1. The lowest BCUT2D eigenvalue weighted by molar-refractivity contribution is -0.870. The van der Waals surface area contributed by atoms with Crippen molar-refractivity contribution in [3.05, 3.63) is 0 Å². The van der Waals surface area contributed by atoms with Crippen molar-refractivity contribution in [2.75, 3.05) is 34.3 Å². The second-order valence-electron chi connectivity index (χ2n) is 7.94. The number of aliphatic hydroxyl groups is 3. The highest BCUT2D eigenvalue weighted by molar-refractivity contribution is 5.89. The fraction of sp³-hybridized carbons (Fsp3) is 0.650. The second kappa shape index (κ2) is 23.5. The van der Waals surface area contributed by atoms with Crippen LogP contribution in [-0.4, -0.2) is 138 Å². The van der Waals surface area contributed by atoms with E-state index in [1.807, 2.05) is 0 Å². The number of carboxylic acids is 7. The number of hydrogen-bond donors (Lipinski definition) is 9. The molecule has 0 aliphatic rings. The average molecular weight is 564 g/mol. The molecule has 0 spiro atoms. The minimum atomic E-state index is -2.85. The fourth-order valence-electron chi connectivity index (χ4n) is 1.31. The van der Waals surface area contributed by atoms with Crippen LogP contribution in [0.25, 0.3) is 0 Å². The molecular formula is C20H37NO17. The third kappa shape index (κ3) is 45.6. The molecule has 18 nitrogen and oxygen atoms in total. The predicted octanol–water partition coefficient (Wildman–Crippen LogP) is -3.42. The molecule has 0 aliphatic carbocycles. The monoisotopic (exact) mass is 563 g/mol. The van der Waals surface area contributed by atoms with Crippen LogP contribution in [0, 0.1) is 0 Å².